The van der Waals surface area contributed by atoms with Gasteiger partial charge in [0.15, 0.2) is 0 Å². The average Bonchev–Trinajstić information content (AvgIpc) is 3.25. The molecule has 0 saturated carbocycles. The number of hydrogen-bond acceptors (Lipinski definition) is 2. The molecule has 1 saturated heterocycles. The minimum absolute atomic E-state index is 0.357. The number of likely N-dealkylation sites (tertiary alicyclic amines) is 1. The summed E-state index contributed by atoms with van der Waals surface area (Å²) in [6, 6.07) is 17.4. The van der Waals surface area contributed by atoms with Crippen molar-refractivity contribution < 1.29 is 0 Å². The van der Waals surface area contributed by atoms with Crippen molar-refractivity contribution in [3.8, 4) is 0 Å². The van der Waals surface area contributed by atoms with Gasteiger partial charge in [0, 0.05) is 11.0 Å². The number of halogens is 1. The van der Waals surface area contributed by atoms with Crippen LogP contribution in [-0.4, -0.2) is 27.5 Å². The van der Waals surface area contributed by atoms with Crippen LogP contribution in [0.3, 0.4) is 0 Å². The van der Waals surface area contributed by atoms with Crippen LogP contribution in [-0.2, 0) is 6.54 Å². The fourth-order valence-corrected chi connectivity index (χ4v) is 3.91. The lowest BCUT2D eigenvalue weighted by molar-refractivity contribution is 0.249. The molecule has 0 spiro atoms. The van der Waals surface area contributed by atoms with Gasteiger partial charge in [0.1, 0.15) is 5.82 Å². The maximum Gasteiger partial charge on any atom is 0.127 e. The quantitative estimate of drug-likeness (QED) is 0.631. The summed E-state index contributed by atoms with van der Waals surface area (Å²) in [6.45, 7) is 5.53. The van der Waals surface area contributed by atoms with Crippen LogP contribution in [0.1, 0.15) is 37.2 Å². The summed E-state index contributed by atoms with van der Waals surface area (Å²) in [5, 5.41) is 0. The van der Waals surface area contributed by atoms with Gasteiger partial charge in [-0.1, -0.05) is 40.2 Å². The number of para-hydroxylation sites is 2. The summed E-state index contributed by atoms with van der Waals surface area (Å²) < 4.78 is 3.51. The van der Waals surface area contributed by atoms with Crippen LogP contribution in [0.15, 0.2) is 53.0 Å². The number of aromatic nitrogens is 2. The van der Waals surface area contributed by atoms with E-state index in [1.807, 2.05) is 0 Å². The van der Waals surface area contributed by atoms with Crippen LogP contribution in [0.4, 0.5) is 0 Å². The van der Waals surface area contributed by atoms with E-state index < -0.39 is 0 Å². The smallest absolute Gasteiger partial charge is 0.127 e. The van der Waals surface area contributed by atoms with E-state index in [0.717, 1.165) is 16.5 Å². The molecule has 1 atom stereocenters. The SMILES string of the molecule is CC(c1nc2ccccc2n1Cc1ccc(Br)cc1)N1CCCC1. The van der Waals surface area contributed by atoms with E-state index in [4.69, 9.17) is 4.98 Å². The van der Waals surface area contributed by atoms with Gasteiger partial charge in [0.25, 0.3) is 0 Å². The van der Waals surface area contributed by atoms with E-state index in [1.165, 1.54) is 42.8 Å². The third-order valence-electron chi connectivity index (χ3n) is 5.00. The van der Waals surface area contributed by atoms with E-state index >= 15 is 0 Å². The number of rotatable bonds is 4. The first-order valence-corrected chi connectivity index (χ1v) is 9.45. The maximum atomic E-state index is 4.98. The predicted octanol–water partition coefficient (Wildman–Crippen LogP) is 5.00. The zero-order chi connectivity index (χ0) is 16.5. The molecule has 2 heterocycles. The Morgan fingerprint density at radius 1 is 1.04 bits per heavy atom. The molecule has 1 fully saturated rings. The molecule has 4 rings (SSSR count). The van der Waals surface area contributed by atoms with Crippen molar-refractivity contribution >= 4 is 27.0 Å². The first-order chi connectivity index (χ1) is 11.7. The van der Waals surface area contributed by atoms with Gasteiger partial charge in [-0.15, -0.1) is 0 Å². The summed E-state index contributed by atoms with van der Waals surface area (Å²) in [6.07, 6.45) is 2.61. The lowest BCUT2D eigenvalue weighted by atomic mass is 10.2. The van der Waals surface area contributed by atoms with Crippen molar-refractivity contribution in [1.82, 2.24) is 14.5 Å². The number of benzene rings is 2. The molecule has 124 valence electrons. The highest BCUT2D eigenvalue weighted by Crippen LogP contribution is 2.28. The van der Waals surface area contributed by atoms with Crippen molar-refractivity contribution in [2.45, 2.75) is 32.4 Å². The van der Waals surface area contributed by atoms with E-state index in [1.54, 1.807) is 0 Å². The zero-order valence-corrected chi connectivity index (χ0v) is 15.5. The minimum atomic E-state index is 0.357. The highest BCUT2D eigenvalue weighted by molar-refractivity contribution is 9.10. The molecule has 0 radical (unpaired) electrons. The molecule has 0 amide bonds. The summed E-state index contributed by atoms with van der Waals surface area (Å²) in [5.74, 6) is 1.18. The lowest BCUT2D eigenvalue weighted by Crippen LogP contribution is -2.26. The van der Waals surface area contributed by atoms with Crippen LogP contribution in [0.25, 0.3) is 11.0 Å². The highest BCUT2D eigenvalue weighted by atomic mass is 79.9. The Bertz CT molecular complexity index is 832. The minimum Gasteiger partial charge on any atom is -0.322 e. The molecule has 0 bridgehead atoms. The fraction of sp³-hybridized carbons (Fsp3) is 0.350. The van der Waals surface area contributed by atoms with Gasteiger partial charge >= 0.3 is 0 Å². The van der Waals surface area contributed by atoms with Crippen molar-refractivity contribution in [1.29, 1.82) is 0 Å². The molecule has 1 aliphatic rings. The Balaban J connectivity index is 1.76. The Kier molecular flexibility index (Phi) is 4.42. The standard InChI is InChI=1S/C20H22BrN3/c1-15(23-12-4-5-13-23)20-22-18-6-2-3-7-19(18)24(20)14-16-8-10-17(21)11-9-16/h2-3,6-11,15H,4-5,12-14H2,1H3. The lowest BCUT2D eigenvalue weighted by Gasteiger charge is -2.24. The molecule has 1 aliphatic heterocycles. The van der Waals surface area contributed by atoms with Gasteiger partial charge in [-0.25, -0.2) is 4.98 Å². The van der Waals surface area contributed by atoms with Crippen molar-refractivity contribution in [3.05, 3.63) is 64.4 Å². The summed E-state index contributed by atoms with van der Waals surface area (Å²) in [7, 11) is 0. The van der Waals surface area contributed by atoms with E-state index in [-0.39, 0.29) is 0 Å². The first kappa shape index (κ1) is 15.9. The Morgan fingerprint density at radius 3 is 2.50 bits per heavy atom. The molecule has 4 heteroatoms. The normalized spacial score (nSPS) is 16.8. The second kappa shape index (κ2) is 6.69. The molecule has 2 aromatic carbocycles. The molecular formula is C20H22BrN3. The summed E-state index contributed by atoms with van der Waals surface area (Å²) in [5.41, 5.74) is 3.62. The zero-order valence-electron chi connectivity index (χ0n) is 14.0. The first-order valence-electron chi connectivity index (χ1n) is 8.66. The van der Waals surface area contributed by atoms with E-state index in [9.17, 15) is 0 Å². The molecule has 1 unspecified atom stereocenters. The van der Waals surface area contributed by atoms with Gasteiger partial charge in [0.2, 0.25) is 0 Å². The molecule has 0 aliphatic carbocycles. The number of hydrogen-bond donors (Lipinski definition) is 0. The summed E-state index contributed by atoms with van der Waals surface area (Å²) >= 11 is 3.52. The van der Waals surface area contributed by atoms with Crippen molar-refractivity contribution in [2.24, 2.45) is 0 Å². The van der Waals surface area contributed by atoms with Gasteiger partial charge in [0.05, 0.1) is 17.1 Å². The highest BCUT2D eigenvalue weighted by Gasteiger charge is 2.24. The van der Waals surface area contributed by atoms with E-state index in [2.05, 4.69) is 80.9 Å². The molecule has 1 aromatic heterocycles. The average molecular weight is 384 g/mol. The second-order valence-corrected chi connectivity index (χ2v) is 7.51. The topological polar surface area (TPSA) is 21.1 Å². The van der Waals surface area contributed by atoms with Gasteiger partial charge in [-0.05, 0) is 62.7 Å². The Hall–Kier alpha value is -1.65. The third-order valence-corrected chi connectivity index (χ3v) is 5.53. The number of nitrogens with zero attached hydrogens (tertiary/aromatic N) is 3. The number of imidazole rings is 1. The van der Waals surface area contributed by atoms with E-state index in [0.29, 0.717) is 6.04 Å². The monoisotopic (exact) mass is 383 g/mol. The van der Waals surface area contributed by atoms with Crippen LogP contribution >= 0.6 is 15.9 Å². The summed E-state index contributed by atoms with van der Waals surface area (Å²) in [4.78, 5) is 7.54. The molecule has 3 nitrogen and oxygen atoms in total. The van der Waals surface area contributed by atoms with Crippen LogP contribution in [0, 0.1) is 0 Å². The van der Waals surface area contributed by atoms with Gasteiger partial charge in [-0.3, -0.25) is 4.90 Å². The van der Waals surface area contributed by atoms with Crippen LogP contribution in [0.5, 0.6) is 0 Å². The van der Waals surface area contributed by atoms with Gasteiger partial charge < -0.3 is 4.57 Å². The third kappa shape index (κ3) is 3.01. The van der Waals surface area contributed by atoms with Crippen molar-refractivity contribution in [3.63, 3.8) is 0 Å². The number of fused-ring (bicyclic) bond motifs is 1. The molecule has 3 aromatic rings. The van der Waals surface area contributed by atoms with Crippen molar-refractivity contribution in [2.75, 3.05) is 13.1 Å². The maximum absolute atomic E-state index is 4.98. The van der Waals surface area contributed by atoms with Crippen LogP contribution in [0.2, 0.25) is 0 Å². The predicted molar refractivity (Wildman–Crippen MR) is 102 cm³/mol. The fourth-order valence-electron chi connectivity index (χ4n) is 3.64. The molecule has 24 heavy (non-hydrogen) atoms. The Morgan fingerprint density at radius 2 is 1.75 bits per heavy atom. The van der Waals surface area contributed by atoms with Gasteiger partial charge in [-0.2, -0.15) is 0 Å². The molecule has 0 N–H and O–H groups in total. The van der Waals surface area contributed by atoms with Crippen LogP contribution < -0.4 is 0 Å². The Labute approximate surface area is 151 Å². The largest absolute Gasteiger partial charge is 0.322 e. The molecular weight excluding hydrogens is 362 g/mol. The second-order valence-electron chi connectivity index (χ2n) is 6.59.